The van der Waals surface area contributed by atoms with Gasteiger partial charge in [0.25, 0.3) is 0 Å². The number of hydrogen-bond acceptors (Lipinski definition) is 4. The zero-order valence-corrected chi connectivity index (χ0v) is 7.48. The van der Waals surface area contributed by atoms with Crippen LogP contribution in [0.2, 0.25) is 0 Å². The third kappa shape index (κ3) is 1.71. The first-order valence-corrected chi connectivity index (χ1v) is 4.12. The van der Waals surface area contributed by atoms with Crippen LogP contribution in [0.15, 0.2) is 35.0 Å². The Bertz CT molecular complexity index is 493. The molecular weight excluding hydrogens is 201 g/mol. The van der Waals surface area contributed by atoms with Gasteiger partial charge in [-0.05, 0) is 18.2 Å². The summed E-state index contributed by atoms with van der Waals surface area (Å²) in [6, 6.07) is 4.46. The summed E-state index contributed by atoms with van der Waals surface area (Å²) in [6.45, 7) is 0. The standard InChI is InChI=1S/C10H6FNO3/c11-6-1-2-8(13)7(5-6)10(14)9-3-4-12-15-9/h1-5,13H. The van der Waals surface area contributed by atoms with Gasteiger partial charge < -0.3 is 9.63 Å². The highest BCUT2D eigenvalue weighted by Crippen LogP contribution is 2.21. The van der Waals surface area contributed by atoms with Crippen molar-refractivity contribution in [2.24, 2.45) is 0 Å². The van der Waals surface area contributed by atoms with Gasteiger partial charge in [-0.15, -0.1) is 0 Å². The molecule has 1 aromatic carbocycles. The first kappa shape index (κ1) is 9.39. The van der Waals surface area contributed by atoms with Crippen LogP contribution in [0.4, 0.5) is 4.39 Å². The first-order chi connectivity index (χ1) is 7.18. The van der Waals surface area contributed by atoms with Gasteiger partial charge >= 0.3 is 0 Å². The van der Waals surface area contributed by atoms with Crippen molar-refractivity contribution in [3.63, 3.8) is 0 Å². The molecule has 76 valence electrons. The number of nitrogens with zero attached hydrogens (tertiary/aromatic N) is 1. The quantitative estimate of drug-likeness (QED) is 0.762. The molecule has 5 heteroatoms. The van der Waals surface area contributed by atoms with Crippen LogP contribution in [0.3, 0.4) is 0 Å². The molecule has 4 nitrogen and oxygen atoms in total. The van der Waals surface area contributed by atoms with Crippen molar-refractivity contribution in [2.75, 3.05) is 0 Å². The van der Waals surface area contributed by atoms with Crippen LogP contribution in [0, 0.1) is 5.82 Å². The normalized spacial score (nSPS) is 10.2. The van der Waals surface area contributed by atoms with Gasteiger partial charge in [-0.1, -0.05) is 5.16 Å². The fourth-order valence-electron chi connectivity index (χ4n) is 1.16. The number of ketones is 1. The van der Waals surface area contributed by atoms with Gasteiger partial charge in [0.05, 0.1) is 11.8 Å². The predicted octanol–water partition coefficient (Wildman–Crippen LogP) is 1.75. The van der Waals surface area contributed by atoms with Gasteiger partial charge in [-0.25, -0.2) is 4.39 Å². The number of carbonyl (C=O) groups is 1. The minimum Gasteiger partial charge on any atom is -0.507 e. The maximum Gasteiger partial charge on any atom is 0.234 e. The summed E-state index contributed by atoms with van der Waals surface area (Å²) < 4.78 is 17.5. The van der Waals surface area contributed by atoms with Gasteiger partial charge in [-0.3, -0.25) is 4.79 Å². The first-order valence-electron chi connectivity index (χ1n) is 4.12. The predicted molar refractivity (Wildman–Crippen MR) is 48.0 cm³/mol. The minimum absolute atomic E-state index is 0.0455. The summed E-state index contributed by atoms with van der Waals surface area (Å²) in [4.78, 5) is 11.6. The van der Waals surface area contributed by atoms with E-state index < -0.39 is 11.6 Å². The topological polar surface area (TPSA) is 63.3 Å². The molecular formula is C10H6FNO3. The second-order valence-corrected chi connectivity index (χ2v) is 2.87. The molecule has 2 rings (SSSR count). The van der Waals surface area contributed by atoms with Crippen molar-refractivity contribution < 1.29 is 18.8 Å². The number of carbonyl (C=O) groups excluding carboxylic acids is 1. The highest BCUT2D eigenvalue weighted by atomic mass is 19.1. The lowest BCUT2D eigenvalue weighted by Crippen LogP contribution is -2.00. The van der Waals surface area contributed by atoms with Crippen molar-refractivity contribution >= 4 is 5.78 Å². The van der Waals surface area contributed by atoms with Gasteiger partial charge in [0, 0.05) is 6.07 Å². The number of benzene rings is 1. The summed E-state index contributed by atoms with van der Waals surface area (Å²) in [6.07, 6.45) is 1.30. The lowest BCUT2D eigenvalue weighted by atomic mass is 10.1. The molecule has 0 aliphatic rings. The van der Waals surface area contributed by atoms with Crippen molar-refractivity contribution in [3.05, 3.63) is 47.6 Å². The van der Waals surface area contributed by atoms with Crippen LogP contribution in [0.5, 0.6) is 5.75 Å². The zero-order chi connectivity index (χ0) is 10.8. The van der Waals surface area contributed by atoms with E-state index in [1.807, 2.05) is 0 Å². The molecule has 0 unspecified atom stereocenters. The Balaban J connectivity index is 2.46. The van der Waals surface area contributed by atoms with Crippen molar-refractivity contribution in [1.29, 1.82) is 0 Å². The van der Waals surface area contributed by atoms with E-state index in [-0.39, 0.29) is 17.1 Å². The molecule has 1 N–H and O–H groups in total. The van der Waals surface area contributed by atoms with Gasteiger partial charge in [-0.2, -0.15) is 0 Å². The fraction of sp³-hybridized carbons (Fsp3) is 0. The monoisotopic (exact) mass is 207 g/mol. The Labute approximate surface area is 83.9 Å². The van der Waals surface area contributed by atoms with E-state index in [0.29, 0.717) is 0 Å². The van der Waals surface area contributed by atoms with Gasteiger partial charge in [0.15, 0.2) is 0 Å². The number of halogens is 1. The number of aromatic hydroxyl groups is 1. The molecule has 1 heterocycles. The molecule has 2 aromatic rings. The average Bonchev–Trinajstić information content (AvgIpc) is 2.74. The van der Waals surface area contributed by atoms with E-state index in [1.54, 1.807) is 0 Å². The molecule has 1 aromatic heterocycles. The maximum absolute atomic E-state index is 12.8. The minimum atomic E-state index is -0.607. The Kier molecular flexibility index (Phi) is 2.21. The molecule has 15 heavy (non-hydrogen) atoms. The Hall–Kier alpha value is -2.17. The molecule has 0 bridgehead atoms. The molecule has 0 fully saturated rings. The highest BCUT2D eigenvalue weighted by molar-refractivity contribution is 6.08. The third-order valence-corrected chi connectivity index (χ3v) is 1.86. The second kappa shape index (κ2) is 3.53. The van der Waals surface area contributed by atoms with Crippen molar-refractivity contribution in [1.82, 2.24) is 5.16 Å². The van der Waals surface area contributed by atoms with Crippen LogP contribution in [-0.2, 0) is 0 Å². The van der Waals surface area contributed by atoms with Crippen LogP contribution in [0.25, 0.3) is 0 Å². The number of aromatic nitrogens is 1. The van der Waals surface area contributed by atoms with Gasteiger partial charge in [0.1, 0.15) is 11.6 Å². The van der Waals surface area contributed by atoms with Crippen LogP contribution < -0.4 is 0 Å². The highest BCUT2D eigenvalue weighted by Gasteiger charge is 2.17. The summed E-state index contributed by atoms with van der Waals surface area (Å²) in [7, 11) is 0. The molecule has 0 spiro atoms. The lowest BCUT2D eigenvalue weighted by molar-refractivity contribution is 0.0997. The molecule has 0 aliphatic carbocycles. The van der Waals surface area contributed by atoms with E-state index in [2.05, 4.69) is 9.68 Å². The molecule has 0 atom stereocenters. The lowest BCUT2D eigenvalue weighted by Gasteiger charge is -2.00. The van der Waals surface area contributed by atoms with E-state index in [4.69, 9.17) is 0 Å². The fourth-order valence-corrected chi connectivity index (χ4v) is 1.16. The van der Waals surface area contributed by atoms with Crippen molar-refractivity contribution in [3.8, 4) is 5.75 Å². The molecule has 0 saturated heterocycles. The molecule has 0 radical (unpaired) electrons. The SMILES string of the molecule is O=C(c1ccno1)c1cc(F)ccc1O. The second-order valence-electron chi connectivity index (χ2n) is 2.87. The number of hydrogen-bond donors (Lipinski definition) is 1. The summed E-state index contributed by atoms with van der Waals surface area (Å²) in [5, 5.41) is 12.7. The van der Waals surface area contributed by atoms with E-state index in [9.17, 15) is 14.3 Å². The smallest absolute Gasteiger partial charge is 0.234 e. The average molecular weight is 207 g/mol. The molecule has 0 amide bonds. The Morgan fingerprint density at radius 3 is 2.87 bits per heavy atom. The van der Waals surface area contributed by atoms with Crippen LogP contribution in [-0.4, -0.2) is 16.0 Å². The summed E-state index contributed by atoms with van der Waals surface area (Å²) in [5.74, 6) is -1.55. The summed E-state index contributed by atoms with van der Waals surface area (Å²) in [5.41, 5.74) is -0.147. The van der Waals surface area contributed by atoms with Crippen LogP contribution in [0.1, 0.15) is 16.1 Å². The number of rotatable bonds is 2. The number of phenols is 1. The zero-order valence-electron chi connectivity index (χ0n) is 7.48. The number of phenolic OH excluding ortho intramolecular Hbond substituents is 1. The Morgan fingerprint density at radius 2 is 2.20 bits per heavy atom. The Morgan fingerprint density at radius 1 is 1.40 bits per heavy atom. The summed E-state index contributed by atoms with van der Waals surface area (Å²) >= 11 is 0. The van der Waals surface area contributed by atoms with E-state index in [0.717, 1.165) is 18.2 Å². The molecule has 0 aliphatic heterocycles. The van der Waals surface area contributed by atoms with Crippen LogP contribution >= 0.6 is 0 Å². The maximum atomic E-state index is 12.8. The van der Waals surface area contributed by atoms with E-state index >= 15 is 0 Å². The van der Waals surface area contributed by atoms with E-state index in [1.165, 1.54) is 12.3 Å². The molecule has 0 saturated carbocycles. The van der Waals surface area contributed by atoms with Crippen molar-refractivity contribution in [2.45, 2.75) is 0 Å². The largest absolute Gasteiger partial charge is 0.507 e. The van der Waals surface area contributed by atoms with Gasteiger partial charge in [0.2, 0.25) is 11.5 Å². The third-order valence-electron chi connectivity index (χ3n) is 1.86.